The highest BCUT2D eigenvalue weighted by Gasteiger charge is 2.06. The minimum absolute atomic E-state index is 0.156. The molecule has 0 saturated heterocycles. The number of halogens is 1. The predicted octanol–water partition coefficient (Wildman–Crippen LogP) is 4.32. The van der Waals surface area contributed by atoms with E-state index in [9.17, 15) is 4.79 Å². The maximum Gasteiger partial charge on any atom is 0.335 e. The second-order valence-electron chi connectivity index (χ2n) is 4.30. The van der Waals surface area contributed by atoms with E-state index in [1.54, 1.807) is 24.3 Å². The van der Waals surface area contributed by atoms with E-state index in [2.05, 4.69) is 28.2 Å². The van der Waals surface area contributed by atoms with Crippen molar-refractivity contribution >= 4 is 27.6 Å². The van der Waals surface area contributed by atoms with Gasteiger partial charge in [-0.05, 0) is 48.9 Å². The van der Waals surface area contributed by atoms with E-state index >= 15 is 0 Å². The SMILES string of the molecule is CC(Nc1ccc(C(=O)O)cc1)c1ccc(Br)cc1. The van der Waals surface area contributed by atoms with Gasteiger partial charge in [0.1, 0.15) is 0 Å². The van der Waals surface area contributed by atoms with E-state index in [0.29, 0.717) is 5.56 Å². The maximum atomic E-state index is 10.8. The Labute approximate surface area is 120 Å². The zero-order valence-electron chi connectivity index (χ0n) is 10.4. The number of carboxylic acids is 1. The topological polar surface area (TPSA) is 49.3 Å². The molecule has 0 aliphatic rings. The fourth-order valence-corrected chi connectivity index (χ4v) is 2.06. The number of aromatic carboxylic acids is 1. The van der Waals surface area contributed by atoms with Crippen LogP contribution in [0.5, 0.6) is 0 Å². The first-order chi connectivity index (χ1) is 9.06. The number of nitrogens with one attached hydrogen (secondary N) is 1. The van der Waals surface area contributed by atoms with Gasteiger partial charge in [0.05, 0.1) is 5.56 Å². The summed E-state index contributed by atoms with van der Waals surface area (Å²) in [5.41, 5.74) is 2.37. The molecule has 2 aromatic carbocycles. The maximum absolute atomic E-state index is 10.8. The number of hydrogen-bond acceptors (Lipinski definition) is 2. The summed E-state index contributed by atoms with van der Waals surface area (Å²) in [5, 5.41) is 12.2. The van der Waals surface area contributed by atoms with E-state index in [1.807, 2.05) is 24.3 Å². The third-order valence-electron chi connectivity index (χ3n) is 2.89. The van der Waals surface area contributed by atoms with Crippen molar-refractivity contribution in [1.82, 2.24) is 0 Å². The second-order valence-corrected chi connectivity index (χ2v) is 5.22. The van der Waals surface area contributed by atoms with E-state index in [1.165, 1.54) is 5.56 Å². The fraction of sp³-hybridized carbons (Fsp3) is 0.133. The largest absolute Gasteiger partial charge is 0.478 e. The third-order valence-corrected chi connectivity index (χ3v) is 3.41. The van der Waals surface area contributed by atoms with Crippen LogP contribution in [-0.4, -0.2) is 11.1 Å². The van der Waals surface area contributed by atoms with Crippen LogP contribution in [0.25, 0.3) is 0 Å². The van der Waals surface area contributed by atoms with Crippen molar-refractivity contribution in [3.63, 3.8) is 0 Å². The molecule has 2 N–H and O–H groups in total. The van der Waals surface area contributed by atoms with Gasteiger partial charge in [-0.2, -0.15) is 0 Å². The Bertz CT molecular complexity index is 564. The summed E-state index contributed by atoms with van der Waals surface area (Å²) in [6.07, 6.45) is 0. The molecule has 0 radical (unpaired) electrons. The van der Waals surface area contributed by atoms with Gasteiger partial charge in [0, 0.05) is 16.2 Å². The fourth-order valence-electron chi connectivity index (χ4n) is 1.79. The predicted molar refractivity (Wildman–Crippen MR) is 79.6 cm³/mol. The number of benzene rings is 2. The summed E-state index contributed by atoms with van der Waals surface area (Å²) < 4.78 is 1.05. The van der Waals surface area contributed by atoms with Gasteiger partial charge in [0.25, 0.3) is 0 Å². The molecule has 0 bridgehead atoms. The molecule has 0 heterocycles. The number of hydrogen-bond donors (Lipinski definition) is 2. The van der Waals surface area contributed by atoms with Crippen LogP contribution >= 0.6 is 15.9 Å². The van der Waals surface area contributed by atoms with E-state index in [-0.39, 0.29) is 6.04 Å². The van der Waals surface area contributed by atoms with Gasteiger partial charge in [-0.25, -0.2) is 4.79 Å². The molecule has 98 valence electrons. The number of carbonyl (C=O) groups is 1. The summed E-state index contributed by atoms with van der Waals surface area (Å²) in [7, 11) is 0. The van der Waals surface area contributed by atoms with Crippen molar-refractivity contribution in [2.24, 2.45) is 0 Å². The minimum atomic E-state index is -0.910. The minimum Gasteiger partial charge on any atom is -0.478 e. The van der Waals surface area contributed by atoms with Crippen LogP contribution in [0.1, 0.15) is 28.9 Å². The summed E-state index contributed by atoms with van der Waals surface area (Å²) in [4.78, 5) is 10.8. The smallest absolute Gasteiger partial charge is 0.335 e. The number of anilines is 1. The quantitative estimate of drug-likeness (QED) is 0.882. The monoisotopic (exact) mass is 319 g/mol. The van der Waals surface area contributed by atoms with Crippen LogP contribution in [0.2, 0.25) is 0 Å². The lowest BCUT2D eigenvalue weighted by atomic mass is 10.1. The first-order valence-corrected chi connectivity index (χ1v) is 6.71. The first kappa shape index (κ1) is 13.6. The summed E-state index contributed by atoms with van der Waals surface area (Å²) in [6.45, 7) is 2.06. The zero-order valence-corrected chi connectivity index (χ0v) is 12.0. The van der Waals surface area contributed by atoms with Gasteiger partial charge in [-0.1, -0.05) is 28.1 Å². The van der Waals surface area contributed by atoms with Crippen molar-refractivity contribution in [2.45, 2.75) is 13.0 Å². The molecule has 3 nitrogen and oxygen atoms in total. The lowest BCUT2D eigenvalue weighted by Crippen LogP contribution is -2.06. The Morgan fingerprint density at radius 3 is 2.21 bits per heavy atom. The normalized spacial score (nSPS) is 11.9. The average molecular weight is 320 g/mol. The van der Waals surface area contributed by atoms with Crippen LogP contribution < -0.4 is 5.32 Å². The van der Waals surface area contributed by atoms with Gasteiger partial charge in [0.15, 0.2) is 0 Å². The third kappa shape index (κ3) is 3.58. The van der Waals surface area contributed by atoms with E-state index < -0.39 is 5.97 Å². The van der Waals surface area contributed by atoms with E-state index in [0.717, 1.165) is 10.2 Å². The van der Waals surface area contributed by atoms with Crippen LogP contribution in [-0.2, 0) is 0 Å². The number of carboxylic acid groups (broad SMARTS) is 1. The molecule has 19 heavy (non-hydrogen) atoms. The van der Waals surface area contributed by atoms with Crippen LogP contribution in [0.15, 0.2) is 53.0 Å². The molecular weight excluding hydrogens is 306 g/mol. The highest BCUT2D eigenvalue weighted by Crippen LogP contribution is 2.21. The Morgan fingerprint density at radius 2 is 1.68 bits per heavy atom. The Hall–Kier alpha value is -1.81. The molecular formula is C15H14BrNO2. The van der Waals surface area contributed by atoms with Gasteiger partial charge < -0.3 is 10.4 Å². The molecule has 0 fully saturated rings. The van der Waals surface area contributed by atoms with Crippen molar-refractivity contribution < 1.29 is 9.90 Å². The summed E-state index contributed by atoms with van der Waals surface area (Å²) in [6, 6.07) is 15.0. The molecule has 0 aliphatic carbocycles. The first-order valence-electron chi connectivity index (χ1n) is 5.91. The summed E-state index contributed by atoms with van der Waals surface area (Å²) in [5.74, 6) is -0.910. The van der Waals surface area contributed by atoms with E-state index in [4.69, 9.17) is 5.11 Å². The molecule has 0 spiro atoms. The lowest BCUT2D eigenvalue weighted by molar-refractivity contribution is 0.0697. The van der Waals surface area contributed by atoms with Crippen LogP contribution in [0, 0.1) is 0 Å². The van der Waals surface area contributed by atoms with Gasteiger partial charge >= 0.3 is 5.97 Å². The lowest BCUT2D eigenvalue weighted by Gasteiger charge is -2.16. The Kier molecular flexibility index (Phi) is 4.22. The van der Waals surface area contributed by atoms with Crippen LogP contribution in [0.4, 0.5) is 5.69 Å². The Morgan fingerprint density at radius 1 is 1.11 bits per heavy atom. The summed E-state index contributed by atoms with van der Waals surface area (Å²) >= 11 is 3.41. The van der Waals surface area contributed by atoms with Crippen molar-refractivity contribution in [1.29, 1.82) is 0 Å². The number of rotatable bonds is 4. The molecule has 0 aliphatic heterocycles. The molecule has 0 aromatic heterocycles. The Balaban J connectivity index is 2.08. The van der Waals surface area contributed by atoms with Crippen molar-refractivity contribution in [3.05, 3.63) is 64.1 Å². The van der Waals surface area contributed by atoms with Gasteiger partial charge in [0.2, 0.25) is 0 Å². The zero-order chi connectivity index (χ0) is 13.8. The molecule has 1 unspecified atom stereocenters. The van der Waals surface area contributed by atoms with Crippen LogP contribution in [0.3, 0.4) is 0 Å². The van der Waals surface area contributed by atoms with Crippen molar-refractivity contribution in [2.75, 3.05) is 5.32 Å². The second kappa shape index (κ2) is 5.89. The highest BCUT2D eigenvalue weighted by atomic mass is 79.9. The molecule has 1 atom stereocenters. The molecule has 0 amide bonds. The van der Waals surface area contributed by atoms with Gasteiger partial charge in [-0.3, -0.25) is 0 Å². The molecule has 2 rings (SSSR count). The molecule has 2 aromatic rings. The average Bonchev–Trinajstić information content (AvgIpc) is 2.40. The molecule has 0 saturated carbocycles. The standard InChI is InChI=1S/C15H14BrNO2/c1-10(11-2-6-13(16)7-3-11)17-14-8-4-12(5-9-14)15(18)19/h2-10,17H,1H3,(H,18,19). The van der Waals surface area contributed by atoms with Gasteiger partial charge in [-0.15, -0.1) is 0 Å². The molecule has 4 heteroatoms. The van der Waals surface area contributed by atoms with Crippen molar-refractivity contribution in [3.8, 4) is 0 Å². The highest BCUT2D eigenvalue weighted by molar-refractivity contribution is 9.10.